The Kier molecular flexibility index (Phi) is 3.24. The number of carbonyl (C=O) groups excluding carboxylic acids is 1. The summed E-state index contributed by atoms with van der Waals surface area (Å²) in [5, 5.41) is 8.88. The predicted octanol–water partition coefficient (Wildman–Crippen LogP) is 2.72. The largest absolute Gasteiger partial charge is 0.291 e. The average Bonchev–Trinajstić information content (AvgIpc) is 3.01. The third-order valence-corrected chi connectivity index (χ3v) is 2.90. The summed E-state index contributed by atoms with van der Waals surface area (Å²) in [5.74, 6) is 0.114. The fraction of sp³-hybridized carbons (Fsp3) is 0. The first kappa shape index (κ1) is 12.1. The molecule has 0 atom stereocenters. The molecule has 5 nitrogen and oxygen atoms in total. The molecule has 3 rings (SSSR count). The van der Waals surface area contributed by atoms with Gasteiger partial charge in [-0.25, -0.2) is 5.10 Å². The molecule has 2 N–H and O–H groups in total. The molecule has 1 amide bonds. The molecule has 0 bridgehead atoms. The summed E-state index contributed by atoms with van der Waals surface area (Å²) in [6.45, 7) is 0. The zero-order chi connectivity index (χ0) is 13.8. The number of nitrogens with zero attached hydrogens (tertiary/aromatic N) is 2. The number of hydrogen-bond donors (Lipinski definition) is 2. The van der Waals surface area contributed by atoms with E-state index >= 15 is 0 Å². The van der Waals surface area contributed by atoms with Crippen LogP contribution in [0.2, 0.25) is 0 Å². The first-order valence-electron chi connectivity index (χ1n) is 6.15. The van der Waals surface area contributed by atoms with Crippen LogP contribution in [-0.2, 0) is 0 Å². The highest BCUT2D eigenvalue weighted by atomic mass is 16.1. The number of anilines is 1. The highest BCUT2D eigenvalue weighted by Gasteiger charge is 2.07. The average molecular weight is 264 g/mol. The minimum Gasteiger partial charge on any atom is -0.291 e. The molecule has 0 aliphatic carbocycles. The molecule has 5 heteroatoms. The summed E-state index contributed by atoms with van der Waals surface area (Å²) >= 11 is 0. The summed E-state index contributed by atoms with van der Waals surface area (Å²) in [4.78, 5) is 15.8. The fourth-order valence-corrected chi connectivity index (χ4v) is 1.89. The van der Waals surface area contributed by atoms with Crippen molar-refractivity contribution >= 4 is 11.9 Å². The van der Waals surface area contributed by atoms with E-state index in [2.05, 4.69) is 20.5 Å². The lowest BCUT2D eigenvalue weighted by Gasteiger charge is -2.04. The number of amides is 1. The van der Waals surface area contributed by atoms with Gasteiger partial charge >= 0.3 is 0 Å². The third-order valence-electron chi connectivity index (χ3n) is 2.90. The Hall–Kier alpha value is -2.95. The number of hydrogen-bond acceptors (Lipinski definition) is 3. The molecule has 20 heavy (non-hydrogen) atoms. The van der Waals surface area contributed by atoms with Crippen molar-refractivity contribution in [3.63, 3.8) is 0 Å². The van der Waals surface area contributed by atoms with E-state index in [1.54, 1.807) is 12.1 Å². The molecule has 2 aromatic carbocycles. The van der Waals surface area contributed by atoms with Crippen molar-refractivity contribution in [1.29, 1.82) is 0 Å². The van der Waals surface area contributed by atoms with Crippen LogP contribution in [0.25, 0.3) is 11.1 Å². The summed E-state index contributed by atoms with van der Waals surface area (Å²) in [5.41, 5.74) is 2.76. The van der Waals surface area contributed by atoms with Gasteiger partial charge in [-0.2, -0.15) is 10.1 Å². The monoisotopic (exact) mass is 264 g/mol. The van der Waals surface area contributed by atoms with Crippen LogP contribution in [0.1, 0.15) is 10.4 Å². The number of rotatable bonds is 3. The highest BCUT2D eigenvalue weighted by molar-refractivity contribution is 6.03. The molecule has 0 aliphatic rings. The number of aromatic nitrogens is 3. The second-order valence-corrected chi connectivity index (χ2v) is 4.23. The summed E-state index contributed by atoms with van der Waals surface area (Å²) in [6, 6.07) is 17.4. The van der Waals surface area contributed by atoms with E-state index in [9.17, 15) is 4.79 Å². The van der Waals surface area contributed by atoms with E-state index in [0.29, 0.717) is 11.5 Å². The van der Waals surface area contributed by atoms with Crippen molar-refractivity contribution in [1.82, 2.24) is 15.2 Å². The lowest BCUT2D eigenvalue weighted by atomic mass is 10.0. The summed E-state index contributed by atoms with van der Waals surface area (Å²) < 4.78 is 0. The molecular formula is C15H12N4O. The van der Waals surface area contributed by atoms with E-state index in [-0.39, 0.29) is 5.91 Å². The minimum absolute atomic E-state index is 0.221. The lowest BCUT2D eigenvalue weighted by Crippen LogP contribution is -2.12. The highest BCUT2D eigenvalue weighted by Crippen LogP contribution is 2.19. The summed E-state index contributed by atoms with van der Waals surface area (Å²) in [7, 11) is 0. The topological polar surface area (TPSA) is 70.7 Å². The first-order chi connectivity index (χ1) is 9.83. The van der Waals surface area contributed by atoms with Gasteiger partial charge in [0.15, 0.2) is 0 Å². The van der Waals surface area contributed by atoms with Gasteiger partial charge in [0.2, 0.25) is 5.95 Å². The van der Waals surface area contributed by atoms with Crippen molar-refractivity contribution in [2.45, 2.75) is 0 Å². The van der Waals surface area contributed by atoms with Gasteiger partial charge in [-0.1, -0.05) is 42.5 Å². The van der Waals surface area contributed by atoms with Gasteiger partial charge in [0.25, 0.3) is 5.91 Å². The molecule has 1 heterocycles. The smallest absolute Gasteiger partial charge is 0.258 e. The van der Waals surface area contributed by atoms with Gasteiger partial charge in [0, 0.05) is 5.56 Å². The van der Waals surface area contributed by atoms with Crippen molar-refractivity contribution in [2.24, 2.45) is 0 Å². The van der Waals surface area contributed by atoms with Crippen LogP contribution in [0.4, 0.5) is 5.95 Å². The van der Waals surface area contributed by atoms with E-state index in [1.165, 1.54) is 6.33 Å². The number of carbonyl (C=O) groups is 1. The Labute approximate surface area is 115 Å². The van der Waals surface area contributed by atoms with Crippen LogP contribution >= 0.6 is 0 Å². The maximum absolute atomic E-state index is 12.0. The molecule has 0 radical (unpaired) electrons. The molecule has 0 aliphatic heterocycles. The van der Waals surface area contributed by atoms with Gasteiger partial charge in [-0.3, -0.25) is 10.1 Å². The molecule has 0 saturated carbocycles. The predicted molar refractivity (Wildman–Crippen MR) is 76.2 cm³/mol. The Bertz CT molecular complexity index is 691. The van der Waals surface area contributed by atoms with Crippen LogP contribution in [-0.4, -0.2) is 21.1 Å². The molecule has 0 unspecified atom stereocenters. The van der Waals surface area contributed by atoms with Gasteiger partial charge in [-0.15, -0.1) is 0 Å². The molecule has 1 aromatic heterocycles. The van der Waals surface area contributed by atoms with Crippen molar-refractivity contribution in [3.8, 4) is 11.1 Å². The fourth-order valence-electron chi connectivity index (χ4n) is 1.89. The second-order valence-electron chi connectivity index (χ2n) is 4.23. The maximum Gasteiger partial charge on any atom is 0.258 e. The maximum atomic E-state index is 12.0. The third kappa shape index (κ3) is 2.56. The van der Waals surface area contributed by atoms with Gasteiger partial charge in [-0.05, 0) is 23.3 Å². The lowest BCUT2D eigenvalue weighted by molar-refractivity contribution is 0.102. The summed E-state index contributed by atoms with van der Waals surface area (Å²) in [6.07, 6.45) is 1.34. The van der Waals surface area contributed by atoms with Crippen molar-refractivity contribution in [2.75, 3.05) is 5.32 Å². The Morgan fingerprint density at radius 3 is 2.30 bits per heavy atom. The zero-order valence-electron chi connectivity index (χ0n) is 10.6. The van der Waals surface area contributed by atoms with Crippen molar-refractivity contribution < 1.29 is 4.79 Å². The van der Waals surface area contributed by atoms with Gasteiger partial charge in [0.1, 0.15) is 6.33 Å². The van der Waals surface area contributed by atoms with E-state index in [0.717, 1.165) is 11.1 Å². The van der Waals surface area contributed by atoms with Crippen LogP contribution < -0.4 is 5.32 Å². The first-order valence-corrected chi connectivity index (χ1v) is 6.15. The van der Waals surface area contributed by atoms with Crippen LogP contribution in [0.5, 0.6) is 0 Å². The normalized spacial score (nSPS) is 10.2. The molecule has 0 spiro atoms. The van der Waals surface area contributed by atoms with Gasteiger partial charge in [0.05, 0.1) is 0 Å². The van der Waals surface area contributed by atoms with E-state index in [4.69, 9.17) is 0 Å². The van der Waals surface area contributed by atoms with E-state index < -0.39 is 0 Å². The SMILES string of the molecule is O=C(Nc1ncn[nH]1)c1ccc(-c2ccccc2)cc1. The number of nitrogens with one attached hydrogen (secondary N) is 2. The molecular weight excluding hydrogens is 252 g/mol. The molecule has 98 valence electrons. The second kappa shape index (κ2) is 5.36. The zero-order valence-corrected chi connectivity index (χ0v) is 10.6. The Morgan fingerprint density at radius 1 is 0.950 bits per heavy atom. The Morgan fingerprint density at radius 2 is 1.65 bits per heavy atom. The van der Waals surface area contributed by atoms with Crippen LogP contribution in [0, 0.1) is 0 Å². The quantitative estimate of drug-likeness (QED) is 0.764. The number of benzene rings is 2. The van der Waals surface area contributed by atoms with Crippen LogP contribution in [0.15, 0.2) is 60.9 Å². The van der Waals surface area contributed by atoms with E-state index in [1.807, 2.05) is 42.5 Å². The standard InChI is InChI=1S/C15H12N4O/c20-14(18-15-16-10-17-19-15)13-8-6-12(7-9-13)11-4-2-1-3-5-11/h1-10H,(H2,16,17,18,19,20). The number of H-pyrrole nitrogens is 1. The molecule has 3 aromatic rings. The molecule has 0 fully saturated rings. The van der Waals surface area contributed by atoms with Crippen molar-refractivity contribution in [3.05, 3.63) is 66.5 Å². The number of aromatic amines is 1. The molecule has 0 saturated heterocycles. The van der Waals surface area contributed by atoms with Gasteiger partial charge < -0.3 is 0 Å². The minimum atomic E-state index is -0.221. The Balaban J connectivity index is 1.78. The van der Waals surface area contributed by atoms with Crippen LogP contribution in [0.3, 0.4) is 0 Å².